The van der Waals surface area contributed by atoms with Crippen molar-refractivity contribution in [1.82, 2.24) is 10.3 Å². The van der Waals surface area contributed by atoms with E-state index in [0.717, 1.165) is 35.5 Å². The average molecular weight is 296 g/mol. The maximum atomic E-state index is 6.18. The number of hydrogen-bond acceptors (Lipinski definition) is 3. The van der Waals surface area contributed by atoms with Crippen LogP contribution in [-0.4, -0.2) is 25.1 Å². The highest BCUT2D eigenvalue weighted by atomic mass is 35.5. The molecule has 1 aromatic rings. The molecule has 112 valence electrons. The molecule has 1 fully saturated rings. The third kappa shape index (κ3) is 3.64. The normalized spacial score (nSPS) is 17.6. The number of nitrogens with one attached hydrogen (secondary N) is 1. The van der Waals surface area contributed by atoms with Gasteiger partial charge in [0, 0.05) is 19.6 Å². The zero-order valence-electron chi connectivity index (χ0n) is 13.0. The molecule has 0 unspecified atom stereocenters. The van der Waals surface area contributed by atoms with E-state index in [1.807, 2.05) is 19.2 Å². The van der Waals surface area contributed by atoms with Gasteiger partial charge in [-0.3, -0.25) is 0 Å². The first-order valence-corrected chi connectivity index (χ1v) is 7.84. The molecule has 0 bridgehead atoms. The molecule has 1 N–H and O–H groups in total. The summed E-state index contributed by atoms with van der Waals surface area (Å²) in [5.74, 6) is 1.87. The lowest BCUT2D eigenvalue weighted by Gasteiger charge is -2.39. The largest absolute Gasteiger partial charge is 0.357 e. The van der Waals surface area contributed by atoms with Crippen LogP contribution >= 0.6 is 11.6 Å². The lowest BCUT2D eigenvalue weighted by Crippen LogP contribution is -2.38. The second-order valence-electron chi connectivity index (χ2n) is 6.76. The summed E-state index contributed by atoms with van der Waals surface area (Å²) in [6.07, 6.45) is 2.49. The van der Waals surface area contributed by atoms with Crippen LogP contribution in [0.25, 0.3) is 0 Å². The molecule has 0 atom stereocenters. The van der Waals surface area contributed by atoms with E-state index in [-0.39, 0.29) is 0 Å². The third-order valence-electron chi connectivity index (χ3n) is 4.29. The molecule has 0 spiro atoms. The van der Waals surface area contributed by atoms with E-state index in [1.54, 1.807) is 0 Å². The van der Waals surface area contributed by atoms with Gasteiger partial charge < -0.3 is 10.2 Å². The first-order valence-electron chi connectivity index (χ1n) is 7.47. The summed E-state index contributed by atoms with van der Waals surface area (Å²) in [5.41, 5.74) is 1.35. The quantitative estimate of drug-likeness (QED) is 0.921. The fourth-order valence-corrected chi connectivity index (χ4v) is 3.09. The number of pyridine rings is 1. The Kier molecular flexibility index (Phi) is 4.92. The molecule has 2 rings (SSSR count). The van der Waals surface area contributed by atoms with Gasteiger partial charge in [0.05, 0.1) is 10.7 Å². The number of nitrogens with zero attached hydrogens (tertiary/aromatic N) is 2. The average Bonchev–Trinajstić information content (AvgIpc) is 2.41. The van der Waals surface area contributed by atoms with Crippen molar-refractivity contribution in [2.45, 2.75) is 40.2 Å². The Hall–Kier alpha value is -0.800. The highest BCUT2D eigenvalue weighted by Gasteiger charge is 2.29. The molecule has 1 aromatic heterocycles. The highest BCUT2D eigenvalue weighted by molar-refractivity contribution is 6.31. The van der Waals surface area contributed by atoms with Crippen LogP contribution in [0.4, 0.5) is 5.82 Å². The second kappa shape index (κ2) is 6.31. The standard InChI is InChI=1S/C16H26ClN3/c1-16(2,3)12-7-9-20(10-8-12)15-6-5-13(17)14(19-15)11-18-4/h5-6,12,18H,7-11H2,1-4H3. The molecule has 1 aliphatic rings. The maximum absolute atomic E-state index is 6.18. The summed E-state index contributed by atoms with van der Waals surface area (Å²) in [5, 5.41) is 3.86. The lowest BCUT2D eigenvalue weighted by molar-refractivity contribution is 0.198. The summed E-state index contributed by atoms with van der Waals surface area (Å²) < 4.78 is 0. The van der Waals surface area contributed by atoms with Crippen LogP contribution in [-0.2, 0) is 6.54 Å². The molecule has 1 aliphatic heterocycles. The first-order chi connectivity index (χ1) is 9.41. The third-order valence-corrected chi connectivity index (χ3v) is 4.64. The zero-order valence-corrected chi connectivity index (χ0v) is 13.8. The van der Waals surface area contributed by atoms with Crippen LogP contribution in [0.2, 0.25) is 5.02 Å². The minimum absolute atomic E-state index is 0.413. The molecule has 20 heavy (non-hydrogen) atoms. The summed E-state index contributed by atoms with van der Waals surface area (Å²) >= 11 is 6.18. The van der Waals surface area contributed by atoms with Gasteiger partial charge >= 0.3 is 0 Å². The van der Waals surface area contributed by atoms with E-state index in [2.05, 4.69) is 31.0 Å². The summed E-state index contributed by atoms with van der Waals surface area (Å²) in [6, 6.07) is 4.01. The summed E-state index contributed by atoms with van der Waals surface area (Å²) in [4.78, 5) is 7.09. The Balaban J connectivity index is 2.05. The van der Waals surface area contributed by atoms with Crippen molar-refractivity contribution in [1.29, 1.82) is 0 Å². The van der Waals surface area contributed by atoms with Crippen molar-refractivity contribution in [3.05, 3.63) is 22.8 Å². The zero-order chi connectivity index (χ0) is 14.8. The summed E-state index contributed by atoms with van der Waals surface area (Å²) in [6.45, 7) is 9.94. The predicted octanol–water partition coefficient (Wildman–Crippen LogP) is 3.72. The van der Waals surface area contributed by atoms with Crippen LogP contribution in [0, 0.1) is 11.3 Å². The van der Waals surface area contributed by atoms with Gasteiger partial charge in [0.15, 0.2) is 0 Å². The smallest absolute Gasteiger partial charge is 0.128 e. The van der Waals surface area contributed by atoms with Gasteiger partial charge in [-0.25, -0.2) is 4.98 Å². The van der Waals surface area contributed by atoms with Crippen molar-refractivity contribution in [3.8, 4) is 0 Å². The van der Waals surface area contributed by atoms with Crippen molar-refractivity contribution >= 4 is 17.4 Å². The van der Waals surface area contributed by atoms with Crippen molar-refractivity contribution in [2.75, 3.05) is 25.0 Å². The Morgan fingerprint density at radius 2 is 1.95 bits per heavy atom. The van der Waals surface area contributed by atoms with E-state index in [4.69, 9.17) is 16.6 Å². The Bertz CT molecular complexity index is 446. The van der Waals surface area contributed by atoms with Crippen molar-refractivity contribution in [3.63, 3.8) is 0 Å². The van der Waals surface area contributed by atoms with Crippen LogP contribution in [0.15, 0.2) is 12.1 Å². The number of anilines is 1. The molecular formula is C16H26ClN3. The molecule has 3 nitrogen and oxygen atoms in total. The molecule has 0 saturated carbocycles. The van der Waals surface area contributed by atoms with Gasteiger partial charge in [-0.1, -0.05) is 32.4 Å². The topological polar surface area (TPSA) is 28.2 Å². The SMILES string of the molecule is CNCc1nc(N2CCC(C(C)(C)C)CC2)ccc1Cl. The Labute approximate surface area is 127 Å². The molecule has 2 heterocycles. The van der Waals surface area contributed by atoms with Gasteiger partial charge in [0.25, 0.3) is 0 Å². The van der Waals surface area contributed by atoms with Crippen LogP contribution < -0.4 is 10.2 Å². The molecule has 0 aliphatic carbocycles. The number of aromatic nitrogens is 1. The second-order valence-corrected chi connectivity index (χ2v) is 7.16. The van der Waals surface area contributed by atoms with Gasteiger partial charge in [0.1, 0.15) is 5.82 Å². The number of halogens is 1. The minimum atomic E-state index is 0.413. The molecule has 0 aromatic carbocycles. The van der Waals surface area contributed by atoms with Gasteiger partial charge in [-0.05, 0) is 43.4 Å². The van der Waals surface area contributed by atoms with E-state index in [9.17, 15) is 0 Å². The minimum Gasteiger partial charge on any atom is -0.357 e. The fraction of sp³-hybridized carbons (Fsp3) is 0.688. The monoisotopic (exact) mass is 295 g/mol. The van der Waals surface area contributed by atoms with Gasteiger partial charge in [-0.2, -0.15) is 0 Å². The molecule has 1 saturated heterocycles. The van der Waals surface area contributed by atoms with Crippen molar-refractivity contribution in [2.24, 2.45) is 11.3 Å². The first kappa shape index (κ1) is 15.6. The number of piperidine rings is 1. The van der Waals surface area contributed by atoms with Crippen molar-refractivity contribution < 1.29 is 0 Å². The molecular weight excluding hydrogens is 270 g/mol. The van der Waals surface area contributed by atoms with E-state index in [1.165, 1.54) is 12.8 Å². The number of rotatable bonds is 3. The van der Waals surface area contributed by atoms with Crippen LogP contribution in [0.3, 0.4) is 0 Å². The molecule has 4 heteroatoms. The highest BCUT2D eigenvalue weighted by Crippen LogP contribution is 2.35. The fourth-order valence-electron chi connectivity index (χ4n) is 2.91. The maximum Gasteiger partial charge on any atom is 0.128 e. The number of hydrogen-bond donors (Lipinski definition) is 1. The molecule has 0 amide bonds. The van der Waals surface area contributed by atoms with Crippen LogP contribution in [0.5, 0.6) is 0 Å². The van der Waals surface area contributed by atoms with Gasteiger partial charge in [-0.15, -0.1) is 0 Å². The van der Waals surface area contributed by atoms with Crippen LogP contribution in [0.1, 0.15) is 39.3 Å². The van der Waals surface area contributed by atoms with E-state index >= 15 is 0 Å². The van der Waals surface area contributed by atoms with E-state index < -0.39 is 0 Å². The van der Waals surface area contributed by atoms with Gasteiger partial charge in [0.2, 0.25) is 0 Å². The van der Waals surface area contributed by atoms with E-state index in [0.29, 0.717) is 12.0 Å². The molecule has 0 radical (unpaired) electrons. The predicted molar refractivity (Wildman–Crippen MR) is 86.4 cm³/mol. The Morgan fingerprint density at radius 3 is 2.50 bits per heavy atom. The lowest BCUT2D eigenvalue weighted by atomic mass is 9.75. The summed E-state index contributed by atoms with van der Waals surface area (Å²) in [7, 11) is 1.92. The Morgan fingerprint density at radius 1 is 1.30 bits per heavy atom.